The van der Waals surface area contributed by atoms with E-state index in [-0.39, 0.29) is 5.78 Å². The summed E-state index contributed by atoms with van der Waals surface area (Å²) in [5.41, 5.74) is 1.68. The second kappa shape index (κ2) is 5.36. The lowest BCUT2D eigenvalue weighted by Gasteiger charge is -2.11. The summed E-state index contributed by atoms with van der Waals surface area (Å²) in [6.07, 6.45) is 2.36. The maximum atomic E-state index is 12.1. The lowest BCUT2D eigenvalue weighted by molar-refractivity contribution is 0.0909. The summed E-state index contributed by atoms with van der Waals surface area (Å²) >= 11 is 0. The molecule has 0 aliphatic carbocycles. The number of hydrogen-bond donors (Lipinski definition) is 0. The largest absolute Gasteiger partial charge is 0.352 e. The van der Waals surface area contributed by atoms with Crippen LogP contribution in [-0.2, 0) is 0 Å². The van der Waals surface area contributed by atoms with Crippen molar-refractivity contribution < 1.29 is 9.32 Å². The average Bonchev–Trinajstić information content (AvgIpc) is 3.10. The molecule has 19 heavy (non-hydrogen) atoms. The minimum absolute atomic E-state index is 0.0107. The summed E-state index contributed by atoms with van der Waals surface area (Å²) in [7, 11) is 0. The van der Waals surface area contributed by atoms with Crippen LogP contribution in [0.4, 0.5) is 0 Å². The Morgan fingerprint density at radius 3 is 2.68 bits per heavy atom. The number of benzene rings is 1. The summed E-state index contributed by atoms with van der Waals surface area (Å²) in [4.78, 5) is 14.2. The van der Waals surface area contributed by atoms with Crippen molar-refractivity contribution >= 4 is 5.78 Å². The second-order valence-electron chi connectivity index (χ2n) is 4.85. The summed E-state index contributed by atoms with van der Waals surface area (Å²) in [5, 5.41) is 3.97. The van der Waals surface area contributed by atoms with Crippen molar-refractivity contribution in [1.82, 2.24) is 10.1 Å². The maximum absolute atomic E-state index is 12.1. The molecular weight excluding hydrogens is 240 g/mol. The van der Waals surface area contributed by atoms with E-state index in [1.165, 1.54) is 12.8 Å². The third-order valence-corrected chi connectivity index (χ3v) is 3.42. The van der Waals surface area contributed by atoms with Gasteiger partial charge < -0.3 is 4.52 Å². The Labute approximate surface area is 112 Å². The van der Waals surface area contributed by atoms with Crippen molar-refractivity contribution in [2.45, 2.75) is 12.8 Å². The highest BCUT2D eigenvalue weighted by atomic mass is 16.5. The first-order valence-corrected chi connectivity index (χ1v) is 6.60. The molecule has 0 spiro atoms. The monoisotopic (exact) mass is 256 g/mol. The first-order chi connectivity index (χ1) is 9.33. The SMILES string of the molecule is O=C(CN1CCCC1)c1cc(-c2ccccc2)no1. The standard InChI is InChI=1S/C15H16N2O2/c18-14(11-17-8-4-5-9-17)15-10-13(16-19-15)12-6-2-1-3-7-12/h1-3,6-7,10H,4-5,8-9,11H2. The fraction of sp³-hybridized carbons (Fsp3) is 0.333. The van der Waals surface area contributed by atoms with Crippen molar-refractivity contribution in [1.29, 1.82) is 0 Å². The van der Waals surface area contributed by atoms with Crippen LogP contribution in [0.15, 0.2) is 40.9 Å². The zero-order valence-electron chi connectivity index (χ0n) is 10.7. The minimum atomic E-state index is 0.0107. The Bertz CT molecular complexity index is 557. The summed E-state index contributed by atoms with van der Waals surface area (Å²) in [6.45, 7) is 2.44. The first kappa shape index (κ1) is 12.1. The number of ketones is 1. The zero-order chi connectivity index (χ0) is 13.1. The predicted molar refractivity (Wildman–Crippen MR) is 71.9 cm³/mol. The van der Waals surface area contributed by atoms with Crippen molar-refractivity contribution in [3.63, 3.8) is 0 Å². The van der Waals surface area contributed by atoms with E-state index in [0.29, 0.717) is 18.0 Å². The molecule has 98 valence electrons. The number of carbonyl (C=O) groups excluding carboxylic acids is 1. The second-order valence-corrected chi connectivity index (χ2v) is 4.85. The third kappa shape index (κ3) is 2.74. The van der Waals surface area contributed by atoms with Crippen LogP contribution in [0.1, 0.15) is 23.4 Å². The van der Waals surface area contributed by atoms with Crippen LogP contribution < -0.4 is 0 Å². The summed E-state index contributed by atoms with van der Waals surface area (Å²) < 4.78 is 5.16. The fourth-order valence-corrected chi connectivity index (χ4v) is 2.37. The van der Waals surface area contributed by atoms with Crippen LogP contribution >= 0.6 is 0 Å². The Kier molecular flexibility index (Phi) is 3.42. The quantitative estimate of drug-likeness (QED) is 0.789. The van der Waals surface area contributed by atoms with Crippen molar-refractivity contribution in [3.05, 3.63) is 42.2 Å². The van der Waals surface area contributed by atoms with Gasteiger partial charge in [-0.2, -0.15) is 0 Å². The van der Waals surface area contributed by atoms with E-state index in [4.69, 9.17) is 4.52 Å². The lowest BCUT2D eigenvalue weighted by atomic mass is 10.1. The smallest absolute Gasteiger partial charge is 0.214 e. The molecule has 2 aromatic rings. The van der Waals surface area contributed by atoms with Gasteiger partial charge in [0.15, 0.2) is 0 Å². The van der Waals surface area contributed by atoms with Gasteiger partial charge in [-0.15, -0.1) is 0 Å². The molecule has 1 aromatic carbocycles. The van der Waals surface area contributed by atoms with Crippen molar-refractivity contribution in [2.75, 3.05) is 19.6 Å². The molecular formula is C15H16N2O2. The van der Waals surface area contributed by atoms with Crippen LogP contribution in [0.25, 0.3) is 11.3 Å². The Balaban J connectivity index is 1.72. The summed E-state index contributed by atoms with van der Waals surface area (Å²) in [6, 6.07) is 11.5. The first-order valence-electron chi connectivity index (χ1n) is 6.60. The van der Waals surface area contributed by atoms with E-state index in [1.807, 2.05) is 30.3 Å². The van der Waals surface area contributed by atoms with Gasteiger partial charge in [-0.25, -0.2) is 0 Å². The van der Waals surface area contributed by atoms with Gasteiger partial charge >= 0.3 is 0 Å². The van der Waals surface area contributed by atoms with Crippen LogP contribution in [0.2, 0.25) is 0 Å². The van der Waals surface area contributed by atoms with Crippen LogP contribution in [0, 0.1) is 0 Å². The normalized spacial score (nSPS) is 15.8. The van der Waals surface area contributed by atoms with Crippen LogP contribution in [0.3, 0.4) is 0 Å². The molecule has 1 aliphatic rings. The molecule has 1 fully saturated rings. The minimum Gasteiger partial charge on any atom is -0.352 e. The molecule has 0 N–H and O–H groups in total. The number of nitrogens with zero attached hydrogens (tertiary/aromatic N) is 2. The van der Waals surface area contributed by atoms with Gasteiger partial charge in [0.25, 0.3) is 0 Å². The van der Waals surface area contributed by atoms with Gasteiger partial charge in [-0.3, -0.25) is 9.69 Å². The number of hydrogen-bond acceptors (Lipinski definition) is 4. The third-order valence-electron chi connectivity index (χ3n) is 3.42. The van der Waals surface area contributed by atoms with Crippen molar-refractivity contribution in [2.24, 2.45) is 0 Å². The average molecular weight is 256 g/mol. The van der Waals surface area contributed by atoms with E-state index in [2.05, 4.69) is 10.1 Å². The van der Waals surface area contributed by atoms with Gasteiger partial charge in [-0.05, 0) is 25.9 Å². The molecule has 0 unspecified atom stereocenters. The fourth-order valence-electron chi connectivity index (χ4n) is 2.37. The molecule has 4 heteroatoms. The van der Waals surface area contributed by atoms with E-state index in [1.54, 1.807) is 6.07 Å². The lowest BCUT2D eigenvalue weighted by Crippen LogP contribution is -2.26. The number of rotatable bonds is 4. The highest BCUT2D eigenvalue weighted by Gasteiger charge is 2.19. The van der Waals surface area contributed by atoms with Gasteiger partial charge in [-0.1, -0.05) is 35.5 Å². The Hall–Kier alpha value is -1.94. The molecule has 0 amide bonds. The molecule has 4 nitrogen and oxygen atoms in total. The topological polar surface area (TPSA) is 46.3 Å². The Morgan fingerprint density at radius 2 is 1.95 bits per heavy atom. The zero-order valence-corrected chi connectivity index (χ0v) is 10.7. The number of Topliss-reactive ketones (excluding diaryl/α,β-unsaturated/α-hetero) is 1. The van der Waals surface area contributed by atoms with Crippen LogP contribution in [-0.4, -0.2) is 35.5 Å². The molecule has 1 saturated heterocycles. The van der Waals surface area contributed by atoms with Gasteiger partial charge in [0, 0.05) is 11.6 Å². The van der Waals surface area contributed by atoms with E-state index >= 15 is 0 Å². The van der Waals surface area contributed by atoms with Gasteiger partial charge in [0.1, 0.15) is 5.69 Å². The molecule has 0 saturated carbocycles. The van der Waals surface area contributed by atoms with E-state index in [0.717, 1.165) is 18.7 Å². The molecule has 0 radical (unpaired) electrons. The molecule has 3 rings (SSSR count). The van der Waals surface area contributed by atoms with Crippen molar-refractivity contribution in [3.8, 4) is 11.3 Å². The van der Waals surface area contributed by atoms with Crippen LogP contribution in [0.5, 0.6) is 0 Å². The molecule has 2 heterocycles. The van der Waals surface area contributed by atoms with E-state index in [9.17, 15) is 4.79 Å². The molecule has 0 bridgehead atoms. The predicted octanol–water partition coefficient (Wildman–Crippen LogP) is 2.62. The highest BCUT2D eigenvalue weighted by Crippen LogP contribution is 2.19. The molecule has 0 atom stereocenters. The van der Waals surface area contributed by atoms with Gasteiger partial charge in [0.05, 0.1) is 6.54 Å². The molecule has 1 aromatic heterocycles. The highest BCUT2D eigenvalue weighted by molar-refractivity contribution is 5.95. The van der Waals surface area contributed by atoms with E-state index < -0.39 is 0 Å². The summed E-state index contributed by atoms with van der Waals surface area (Å²) in [5.74, 6) is 0.363. The Morgan fingerprint density at radius 1 is 1.21 bits per heavy atom. The molecule has 1 aliphatic heterocycles. The van der Waals surface area contributed by atoms with Gasteiger partial charge in [0.2, 0.25) is 11.5 Å². The number of aromatic nitrogens is 1. The maximum Gasteiger partial charge on any atom is 0.214 e. The number of likely N-dealkylation sites (tertiary alicyclic amines) is 1. The number of carbonyl (C=O) groups is 1.